The standard InChI is InChI=1S/C17H27NO/c1-17(2,3)18-12-14-8-6-10-16(14)13-7-5-9-15(11-13)19-4/h5,7,9,11,14,16,18H,6,8,10,12H2,1-4H3. The van der Waals surface area contributed by atoms with Crippen LogP contribution in [0, 0.1) is 5.92 Å². The fourth-order valence-corrected chi connectivity index (χ4v) is 3.03. The van der Waals surface area contributed by atoms with E-state index in [1.165, 1.54) is 24.8 Å². The first-order valence-corrected chi connectivity index (χ1v) is 7.38. The molecule has 2 rings (SSSR count). The fourth-order valence-electron chi connectivity index (χ4n) is 3.03. The van der Waals surface area contributed by atoms with Crippen LogP contribution in [0.5, 0.6) is 5.75 Å². The van der Waals surface area contributed by atoms with Gasteiger partial charge >= 0.3 is 0 Å². The molecule has 0 bridgehead atoms. The van der Waals surface area contributed by atoms with Crippen LogP contribution in [0.25, 0.3) is 0 Å². The van der Waals surface area contributed by atoms with E-state index in [2.05, 4.69) is 44.3 Å². The highest BCUT2D eigenvalue weighted by Crippen LogP contribution is 2.40. The lowest BCUT2D eigenvalue weighted by Crippen LogP contribution is -2.39. The third kappa shape index (κ3) is 3.97. The van der Waals surface area contributed by atoms with Crippen molar-refractivity contribution in [3.8, 4) is 5.75 Å². The summed E-state index contributed by atoms with van der Waals surface area (Å²) in [5.74, 6) is 2.42. The minimum absolute atomic E-state index is 0.210. The van der Waals surface area contributed by atoms with E-state index < -0.39 is 0 Å². The van der Waals surface area contributed by atoms with E-state index in [0.29, 0.717) is 5.92 Å². The first-order chi connectivity index (χ1) is 8.99. The molecule has 19 heavy (non-hydrogen) atoms. The Hall–Kier alpha value is -1.02. The highest BCUT2D eigenvalue weighted by Gasteiger charge is 2.29. The maximum atomic E-state index is 5.35. The van der Waals surface area contributed by atoms with Crippen molar-refractivity contribution < 1.29 is 4.74 Å². The van der Waals surface area contributed by atoms with E-state index in [4.69, 9.17) is 4.74 Å². The summed E-state index contributed by atoms with van der Waals surface area (Å²) in [7, 11) is 1.74. The van der Waals surface area contributed by atoms with Gasteiger partial charge in [0.1, 0.15) is 5.75 Å². The molecule has 106 valence electrons. The van der Waals surface area contributed by atoms with Gasteiger partial charge < -0.3 is 10.1 Å². The molecule has 2 nitrogen and oxygen atoms in total. The van der Waals surface area contributed by atoms with Crippen LogP contribution in [-0.2, 0) is 0 Å². The zero-order valence-electron chi connectivity index (χ0n) is 12.7. The minimum atomic E-state index is 0.210. The van der Waals surface area contributed by atoms with Gasteiger partial charge in [0.2, 0.25) is 0 Å². The Bertz CT molecular complexity index is 408. The molecule has 0 aliphatic heterocycles. The lowest BCUT2D eigenvalue weighted by Gasteiger charge is -2.27. The van der Waals surface area contributed by atoms with Crippen molar-refractivity contribution >= 4 is 0 Å². The molecular formula is C17H27NO. The molecule has 1 aliphatic rings. The maximum Gasteiger partial charge on any atom is 0.119 e. The van der Waals surface area contributed by atoms with Gasteiger partial charge in [-0.2, -0.15) is 0 Å². The normalized spacial score (nSPS) is 23.6. The van der Waals surface area contributed by atoms with Crippen LogP contribution in [0.1, 0.15) is 51.5 Å². The molecule has 1 aromatic carbocycles. The summed E-state index contributed by atoms with van der Waals surface area (Å²) in [4.78, 5) is 0. The Morgan fingerprint density at radius 2 is 2.05 bits per heavy atom. The van der Waals surface area contributed by atoms with Crippen molar-refractivity contribution in [2.75, 3.05) is 13.7 Å². The first-order valence-electron chi connectivity index (χ1n) is 7.38. The van der Waals surface area contributed by atoms with Crippen LogP contribution in [0.2, 0.25) is 0 Å². The monoisotopic (exact) mass is 261 g/mol. The molecule has 1 fully saturated rings. The summed E-state index contributed by atoms with van der Waals surface area (Å²) >= 11 is 0. The van der Waals surface area contributed by atoms with Crippen molar-refractivity contribution in [1.82, 2.24) is 5.32 Å². The Balaban J connectivity index is 2.05. The molecule has 1 N–H and O–H groups in total. The third-order valence-corrected chi connectivity index (χ3v) is 4.08. The van der Waals surface area contributed by atoms with Crippen LogP contribution >= 0.6 is 0 Å². The van der Waals surface area contributed by atoms with Crippen molar-refractivity contribution in [3.63, 3.8) is 0 Å². The average Bonchev–Trinajstić information content (AvgIpc) is 2.84. The zero-order chi connectivity index (χ0) is 13.9. The Morgan fingerprint density at radius 1 is 1.26 bits per heavy atom. The largest absolute Gasteiger partial charge is 0.497 e. The topological polar surface area (TPSA) is 21.3 Å². The van der Waals surface area contributed by atoms with E-state index >= 15 is 0 Å². The maximum absolute atomic E-state index is 5.35. The van der Waals surface area contributed by atoms with Gasteiger partial charge in [-0.3, -0.25) is 0 Å². The van der Waals surface area contributed by atoms with Crippen LogP contribution in [0.15, 0.2) is 24.3 Å². The molecule has 2 atom stereocenters. The number of nitrogens with one attached hydrogen (secondary N) is 1. The van der Waals surface area contributed by atoms with E-state index in [9.17, 15) is 0 Å². The quantitative estimate of drug-likeness (QED) is 0.885. The smallest absolute Gasteiger partial charge is 0.119 e. The fraction of sp³-hybridized carbons (Fsp3) is 0.647. The third-order valence-electron chi connectivity index (χ3n) is 4.08. The van der Waals surface area contributed by atoms with Crippen molar-refractivity contribution in [2.45, 2.75) is 51.5 Å². The number of hydrogen-bond donors (Lipinski definition) is 1. The van der Waals surface area contributed by atoms with Gasteiger partial charge in [-0.05, 0) is 69.7 Å². The van der Waals surface area contributed by atoms with Crippen molar-refractivity contribution in [2.24, 2.45) is 5.92 Å². The molecule has 0 heterocycles. The van der Waals surface area contributed by atoms with E-state index in [1.807, 2.05) is 6.07 Å². The summed E-state index contributed by atoms with van der Waals surface area (Å²) in [6.07, 6.45) is 3.99. The number of hydrogen-bond acceptors (Lipinski definition) is 2. The van der Waals surface area contributed by atoms with E-state index in [0.717, 1.165) is 18.2 Å². The molecule has 0 amide bonds. The van der Waals surface area contributed by atoms with Crippen LogP contribution in [-0.4, -0.2) is 19.2 Å². The number of ether oxygens (including phenoxy) is 1. The minimum Gasteiger partial charge on any atom is -0.497 e. The first kappa shape index (κ1) is 14.4. The van der Waals surface area contributed by atoms with Gasteiger partial charge in [-0.25, -0.2) is 0 Å². The molecule has 0 aromatic heterocycles. The van der Waals surface area contributed by atoms with Gasteiger partial charge in [0, 0.05) is 5.54 Å². The SMILES string of the molecule is COc1cccc(C2CCCC2CNC(C)(C)C)c1. The predicted octanol–water partition coefficient (Wildman–Crippen LogP) is 3.97. The number of rotatable bonds is 4. The predicted molar refractivity (Wildman–Crippen MR) is 80.8 cm³/mol. The summed E-state index contributed by atoms with van der Waals surface area (Å²) in [6.45, 7) is 7.83. The zero-order valence-corrected chi connectivity index (χ0v) is 12.7. The van der Waals surface area contributed by atoms with Crippen molar-refractivity contribution in [1.29, 1.82) is 0 Å². The second-order valence-electron chi connectivity index (χ2n) is 6.70. The second kappa shape index (κ2) is 5.96. The van der Waals surface area contributed by atoms with Gasteiger partial charge in [0.15, 0.2) is 0 Å². The van der Waals surface area contributed by atoms with Gasteiger partial charge in [0.05, 0.1) is 7.11 Å². The molecule has 1 aromatic rings. The molecule has 1 aliphatic carbocycles. The van der Waals surface area contributed by atoms with Crippen molar-refractivity contribution in [3.05, 3.63) is 29.8 Å². The summed E-state index contributed by atoms with van der Waals surface area (Å²) < 4.78 is 5.35. The number of benzene rings is 1. The highest BCUT2D eigenvalue weighted by molar-refractivity contribution is 5.31. The highest BCUT2D eigenvalue weighted by atomic mass is 16.5. The molecule has 0 radical (unpaired) electrons. The van der Waals surface area contributed by atoms with Gasteiger partial charge in [-0.15, -0.1) is 0 Å². The summed E-state index contributed by atoms with van der Waals surface area (Å²) in [5, 5.41) is 3.66. The Labute approximate surface area is 117 Å². The van der Waals surface area contributed by atoms with Gasteiger partial charge in [0.25, 0.3) is 0 Å². The van der Waals surface area contributed by atoms with E-state index in [1.54, 1.807) is 7.11 Å². The number of methoxy groups -OCH3 is 1. The lowest BCUT2D eigenvalue weighted by atomic mass is 9.88. The molecule has 0 saturated heterocycles. The molecule has 1 saturated carbocycles. The Morgan fingerprint density at radius 3 is 2.74 bits per heavy atom. The van der Waals surface area contributed by atoms with Crippen LogP contribution < -0.4 is 10.1 Å². The average molecular weight is 261 g/mol. The summed E-state index contributed by atoms with van der Waals surface area (Å²) in [5.41, 5.74) is 1.65. The molecule has 2 heteroatoms. The lowest BCUT2D eigenvalue weighted by molar-refractivity contribution is 0.356. The van der Waals surface area contributed by atoms with E-state index in [-0.39, 0.29) is 5.54 Å². The van der Waals surface area contributed by atoms with Gasteiger partial charge in [-0.1, -0.05) is 18.6 Å². The molecular weight excluding hydrogens is 234 g/mol. The van der Waals surface area contributed by atoms with Crippen LogP contribution in [0.4, 0.5) is 0 Å². The Kier molecular flexibility index (Phi) is 4.51. The second-order valence-corrected chi connectivity index (χ2v) is 6.70. The van der Waals surface area contributed by atoms with Crippen LogP contribution in [0.3, 0.4) is 0 Å². The molecule has 0 spiro atoms. The summed E-state index contributed by atoms with van der Waals surface area (Å²) in [6, 6.07) is 8.60. The molecule has 2 unspecified atom stereocenters.